The zero-order valence-corrected chi connectivity index (χ0v) is 5.82. The maximum atomic E-state index is 10.5. The number of rotatable bonds is 4. The lowest BCUT2D eigenvalue weighted by Crippen LogP contribution is -2.11. The minimum Gasteiger partial charge on any atom is -0.478 e. The van der Waals surface area contributed by atoms with Gasteiger partial charge >= 0.3 is 11.9 Å². The summed E-state index contributed by atoms with van der Waals surface area (Å²) in [5.74, 6) is -1.88. The first-order valence-corrected chi connectivity index (χ1v) is 2.94. The minimum absolute atomic E-state index is 0.1000. The summed E-state index contributed by atoms with van der Waals surface area (Å²) < 4.78 is 4.43. The number of carbonyl (C=O) groups is 2. The van der Waals surface area contributed by atoms with Crippen LogP contribution in [0.3, 0.4) is 0 Å². The molecule has 5 heteroatoms. The third-order valence-electron chi connectivity index (χ3n) is 0.724. The maximum Gasteiger partial charge on any atom is 0.331 e. The van der Waals surface area contributed by atoms with Crippen molar-refractivity contribution < 1.29 is 19.4 Å². The van der Waals surface area contributed by atoms with Gasteiger partial charge in [-0.15, -0.1) is 0 Å². The number of ether oxygens (including phenoxy) is 1. The van der Waals surface area contributed by atoms with E-state index in [0.29, 0.717) is 6.08 Å². The highest BCUT2D eigenvalue weighted by molar-refractivity contribution is 5.90. The van der Waals surface area contributed by atoms with Crippen LogP contribution in [0.4, 0.5) is 0 Å². The fourth-order valence-electron chi connectivity index (χ4n) is 0.347. The second-order valence-corrected chi connectivity index (χ2v) is 1.63. The number of carboxylic acids is 1. The summed E-state index contributed by atoms with van der Waals surface area (Å²) in [6, 6.07) is 0. The second-order valence-electron chi connectivity index (χ2n) is 1.63. The first-order valence-electron chi connectivity index (χ1n) is 2.94. The normalized spacial score (nSPS) is 9.91. The average Bonchev–Trinajstić information content (AvgIpc) is 1.97. The van der Waals surface area contributed by atoms with Crippen LogP contribution in [0, 0.1) is 0 Å². The van der Waals surface area contributed by atoms with Crippen molar-refractivity contribution in [3.05, 3.63) is 12.2 Å². The molecule has 0 aliphatic heterocycles. The van der Waals surface area contributed by atoms with Gasteiger partial charge in [0.2, 0.25) is 0 Å². The topological polar surface area (TPSA) is 89.6 Å². The fourth-order valence-corrected chi connectivity index (χ4v) is 0.347. The molecular formula is C6H9NO4. The van der Waals surface area contributed by atoms with E-state index < -0.39 is 11.9 Å². The number of esters is 1. The Balaban J connectivity index is 3.60. The molecule has 0 aliphatic carbocycles. The average molecular weight is 159 g/mol. The molecule has 0 aliphatic rings. The van der Waals surface area contributed by atoms with Crippen LogP contribution in [0.2, 0.25) is 0 Å². The first kappa shape index (κ1) is 9.64. The van der Waals surface area contributed by atoms with Gasteiger partial charge in [0.1, 0.15) is 6.61 Å². The Kier molecular flexibility index (Phi) is 4.76. The van der Waals surface area contributed by atoms with Gasteiger partial charge in [0.05, 0.1) is 0 Å². The van der Waals surface area contributed by atoms with E-state index in [0.717, 1.165) is 6.08 Å². The summed E-state index contributed by atoms with van der Waals surface area (Å²) in [5, 5.41) is 8.07. The van der Waals surface area contributed by atoms with Gasteiger partial charge < -0.3 is 15.6 Å². The van der Waals surface area contributed by atoms with E-state index in [-0.39, 0.29) is 13.2 Å². The lowest BCUT2D eigenvalue weighted by atomic mass is 10.5. The van der Waals surface area contributed by atoms with Crippen LogP contribution >= 0.6 is 0 Å². The standard InChI is InChI=1S/C6H9NO4/c7-3-4-11-6(10)2-1-5(8)9/h1-2H,3-4,7H2,(H,8,9)/b2-1+. The predicted octanol–water partition coefficient (Wildman–Crippen LogP) is -0.871. The van der Waals surface area contributed by atoms with Crippen LogP contribution in [-0.4, -0.2) is 30.2 Å². The molecule has 11 heavy (non-hydrogen) atoms. The largest absolute Gasteiger partial charge is 0.478 e. The van der Waals surface area contributed by atoms with Gasteiger partial charge in [0, 0.05) is 18.7 Å². The Labute approximate surface area is 63.4 Å². The molecule has 0 heterocycles. The van der Waals surface area contributed by atoms with E-state index >= 15 is 0 Å². The minimum atomic E-state index is -1.19. The van der Waals surface area contributed by atoms with Gasteiger partial charge in [-0.25, -0.2) is 9.59 Å². The number of hydrogen-bond donors (Lipinski definition) is 2. The lowest BCUT2D eigenvalue weighted by Gasteiger charge is -1.95. The Hall–Kier alpha value is -1.36. The highest BCUT2D eigenvalue weighted by Gasteiger charge is 1.95. The smallest absolute Gasteiger partial charge is 0.331 e. The molecular weight excluding hydrogens is 150 g/mol. The summed E-state index contributed by atoms with van der Waals surface area (Å²) in [5.41, 5.74) is 5.02. The van der Waals surface area contributed by atoms with Crippen molar-refractivity contribution >= 4 is 11.9 Å². The van der Waals surface area contributed by atoms with Gasteiger partial charge in [-0.1, -0.05) is 0 Å². The molecule has 0 atom stereocenters. The highest BCUT2D eigenvalue weighted by Crippen LogP contribution is 1.80. The van der Waals surface area contributed by atoms with Gasteiger partial charge in [0.15, 0.2) is 0 Å². The number of carbonyl (C=O) groups excluding carboxylic acids is 1. The molecule has 0 aromatic rings. The predicted molar refractivity (Wildman–Crippen MR) is 36.8 cm³/mol. The summed E-state index contributed by atoms with van der Waals surface area (Å²) in [7, 11) is 0. The summed E-state index contributed by atoms with van der Waals surface area (Å²) in [6.07, 6.45) is 1.54. The van der Waals surface area contributed by atoms with Crippen molar-refractivity contribution in [2.45, 2.75) is 0 Å². The molecule has 3 N–H and O–H groups in total. The Bertz CT molecular complexity index is 175. The molecule has 0 radical (unpaired) electrons. The SMILES string of the molecule is NCCOC(=O)/C=C/C(=O)O. The Morgan fingerprint density at radius 2 is 2.09 bits per heavy atom. The Morgan fingerprint density at radius 3 is 2.55 bits per heavy atom. The van der Waals surface area contributed by atoms with E-state index in [1.165, 1.54) is 0 Å². The van der Waals surface area contributed by atoms with Crippen molar-refractivity contribution in [3.8, 4) is 0 Å². The van der Waals surface area contributed by atoms with E-state index in [4.69, 9.17) is 10.8 Å². The van der Waals surface area contributed by atoms with Crippen LogP contribution in [-0.2, 0) is 14.3 Å². The van der Waals surface area contributed by atoms with Crippen molar-refractivity contribution in [2.24, 2.45) is 5.73 Å². The van der Waals surface area contributed by atoms with Gasteiger partial charge in [-0.05, 0) is 0 Å². The number of nitrogens with two attached hydrogens (primary N) is 1. The van der Waals surface area contributed by atoms with E-state index in [1.54, 1.807) is 0 Å². The first-order chi connectivity index (χ1) is 5.16. The van der Waals surface area contributed by atoms with Crippen molar-refractivity contribution in [1.82, 2.24) is 0 Å². The van der Waals surface area contributed by atoms with Crippen LogP contribution in [0.5, 0.6) is 0 Å². The van der Waals surface area contributed by atoms with Crippen LogP contribution in [0.1, 0.15) is 0 Å². The summed E-state index contributed by atoms with van der Waals surface area (Å²) >= 11 is 0. The summed E-state index contributed by atoms with van der Waals surface area (Å²) in [6.45, 7) is 0.329. The zero-order chi connectivity index (χ0) is 8.69. The number of aliphatic carboxylic acids is 1. The monoisotopic (exact) mass is 159 g/mol. The third kappa shape index (κ3) is 6.53. The molecule has 0 saturated carbocycles. The van der Waals surface area contributed by atoms with Crippen LogP contribution < -0.4 is 5.73 Å². The van der Waals surface area contributed by atoms with Crippen molar-refractivity contribution in [3.63, 3.8) is 0 Å². The highest BCUT2D eigenvalue weighted by atomic mass is 16.5. The Morgan fingerprint density at radius 1 is 1.45 bits per heavy atom. The molecule has 0 saturated heterocycles. The van der Waals surface area contributed by atoms with E-state index in [1.807, 2.05) is 0 Å². The van der Waals surface area contributed by atoms with Crippen LogP contribution in [0.25, 0.3) is 0 Å². The molecule has 0 rings (SSSR count). The van der Waals surface area contributed by atoms with Gasteiger partial charge in [-0.3, -0.25) is 0 Å². The quantitative estimate of drug-likeness (QED) is 0.411. The van der Waals surface area contributed by atoms with Crippen molar-refractivity contribution in [2.75, 3.05) is 13.2 Å². The number of hydrogen-bond acceptors (Lipinski definition) is 4. The van der Waals surface area contributed by atoms with Gasteiger partial charge in [-0.2, -0.15) is 0 Å². The molecule has 0 aromatic carbocycles. The molecule has 0 spiro atoms. The van der Waals surface area contributed by atoms with Gasteiger partial charge in [0.25, 0.3) is 0 Å². The van der Waals surface area contributed by atoms with E-state index in [9.17, 15) is 9.59 Å². The molecule has 0 fully saturated rings. The third-order valence-corrected chi connectivity index (χ3v) is 0.724. The summed E-state index contributed by atoms with van der Waals surface area (Å²) in [4.78, 5) is 20.3. The molecule has 0 aromatic heterocycles. The maximum absolute atomic E-state index is 10.5. The molecule has 5 nitrogen and oxygen atoms in total. The molecule has 0 unspecified atom stereocenters. The zero-order valence-electron chi connectivity index (χ0n) is 5.82. The lowest BCUT2D eigenvalue weighted by molar-refractivity contribution is -0.138. The molecule has 62 valence electrons. The fraction of sp³-hybridized carbons (Fsp3) is 0.333. The molecule has 0 amide bonds. The van der Waals surface area contributed by atoms with Crippen molar-refractivity contribution in [1.29, 1.82) is 0 Å². The number of carboxylic acid groups (broad SMARTS) is 1. The van der Waals surface area contributed by atoms with E-state index in [2.05, 4.69) is 4.74 Å². The second kappa shape index (κ2) is 5.43. The van der Waals surface area contributed by atoms with Crippen LogP contribution in [0.15, 0.2) is 12.2 Å². The molecule has 0 bridgehead atoms.